The maximum absolute atomic E-state index is 13.6. The van der Waals surface area contributed by atoms with Crippen LogP contribution in [0.4, 0.5) is 0 Å². The molecule has 0 saturated heterocycles. The van der Waals surface area contributed by atoms with Crippen molar-refractivity contribution < 1.29 is 38.1 Å². The maximum Gasteiger partial charge on any atom is 0.306 e. The van der Waals surface area contributed by atoms with Gasteiger partial charge in [-0.3, -0.25) is 19.2 Å². The van der Waals surface area contributed by atoms with Gasteiger partial charge in [0.15, 0.2) is 0 Å². The Morgan fingerprint density at radius 1 is 0.778 bits per heavy atom. The van der Waals surface area contributed by atoms with Crippen LogP contribution < -0.4 is 17.2 Å². The van der Waals surface area contributed by atoms with Crippen LogP contribution in [-0.4, -0.2) is 94.0 Å². The fourth-order valence-corrected chi connectivity index (χ4v) is 9.00. The van der Waals surface area contributed by atoms with Crippen molar-refractivity contribution in [2.24, 2.45) is 51.7 Å². The predicted molar refractivity (Wildman–Crippen MR) is 212 cm³/mol. The van der Waals surface area contributed by atoms with E-state index in [4.69, 9.17) is 36.1 Å². The average molecular weight is 767 g/mol. The first-order valence-electron chi connectivity index (χ1n) is 21.1. The Bertz CT molecular complexity index is 1130. The smallest absolute Gasteiger partial charge is 0.306 e. The van der Waals surface area contributed by atoms with Crippen molar-refractivity contribution in [1.29, 1.82) is 0 Å². The molecule has 2 aliphatic carbocycles. The number of hydrogen-bond acceptors (Lipinski definition) is 12. The molecule has 2 rings (SSSR count). The van der Waals surface area contributed by atoms with E-state index in [0.717, 1.165) is 38.5 Å². The van der Waals surface area contributed by atoms with E-state index in [1.807, 2.05) is 25.9 Å². The molecule has 0 amide bonds. The van der Waals surface area contributed by atoms with Gasteiger partial charge in [0.25, 0.3) is 0 Å². The minimum Gasteiger partial charge on any atom is -0.464 e. The molecule has 54 heavy (non-hydrogen) atoms. The summed E-state index contributed by atoms with van der Waals surface area (Å²) >= 11 is 0. The standard InChI is InChI=1S/C42H78N4O8/c1-8-33(52-38(48)12-9-23-43)29-32-16-17-35(30(2)15-18-37(47)51-27-26-46(6)7)42(32,5)36(54-40(50)14-11-25-45)28-31(3)41(4)21-19-34(20-22-41)53-39(49)13-10-24-44/h30-36H,8-29,43-45H2,1-7H3/t30-,31-,32+,33-,34?,35-,36+,41?,42+/m1/s1. The van der Waals surface area contributed by atoms with Crippen LogP contribution in [0.25, 0.3) is 0 Å². The summed E-state index contributed by atoms with van der Waals surface area (Å²) in [6.07, 6.45) is 10.2. The highest BCUT2D eigenvalue weighted by Crippen LogP contribution is 2.58. The van der Waals surface area contributed by atoms with Crippen LogP contribution in [0.3, 0.4) is 0 Å². The van der Waals surface area contributed by atoms with Crippen molar-refractivity contribution in [3.8, 4) is 0 Å². The number of hydrogen-bond donors (Lipinski definition) is 3. The first kappa shape index (κ1) is 47.9. The zero-order chi connectivity index (χ0) is 40.3. The highest BCUT2D eigenvalue weighted by atomic mass is 16.6. The molecule has 0 bridgehead atoms. The van der Waals surface area contributed by atoms with Gasteiger partial charge in [-0.1, -0.05) is 34.6 Å². The summed E-state index contributed by atoms with van der Waals surface area (Å²) in [5, 5.41) is 0. The first-order valence-corrected chi connectivity index (χ1v) is 21.1. The number of nitrogens with two attached hydrogens (primary N) is 3. The number of esters is 4. The van der Waals surface area contributed by atoms with Gasteiger partial charge in [0.2, 0.25) is 0 Å². The second-order valence-electron chi connectivity index (χ2n) is 17.2. The Labute approximate surface area is 327 Å². The van der Waals surface area contributed by atoms with Gasteiger partial charge in [-0.15, -0.1) is 0 Å². The van der Waals surface area contributed by atoms with E-state index < -0.39 is 5.41 Å². The van der Waals surface area contributed by atoms with E-state index in [-0.39, 0.29) is 77.7 Å². The number of nitrogens with zero attached hydrogens (tertiary/aromatic N) is 1. The van der Waals surface area contributed by atoms with Crippen molar-refractivity contribution >= 4 is 23.9 Å². The molecule has 314 valence electrons. The lowest BCUT2D eigenvalue weighted by Crippen LogP contribution is -2.48. The number of likely N-dealkylation sites (N-methyl/N-ethyl adjacent to an activating group) is 1. The SMILES string of the molecule is CC[C@H](C[C@@H]1CC[C@H]([C@H](C)CCC(=O)OCCN(C)C)[C@@]1(C)[C@H](C[C@@H](C)C1(C)CCC(OC(=O)CCCN)CC1)OC(=O)CCCN)OC(=O)CCCN. The quantitative estimate of drug-likeness (QED) is 0.0701. The van der Waals surface area contributed by atoms with Gasteiger partial charge in [-0.05, 0) is 146 Å². The molecule has 0 spiro atoms. The second kappa shape index (κ2) is 24.4. The van der Waals surface area contributed by atoms with Gasteiger partial charge in [-0.2, -0.15) is 0 Å². The minimum atomic E-state index is -0.440. The van der Waals surface area contributed by atoms with E-state index in [1.54, 1.807) is 0 Å². The van der Waals surface area contributed by atoms with E-state index in [2.05, 4.69) is 27.7 Å². The van der Waals surface area contributed by atoms with Crippen molar-refractivity contribution in [3.63, 3.8) is 0 Å². The van der Waals surface area contributed by atoms with Gasteiger partial charge in [0, 0.05) is 37.6 Å². The third-order valence-corrected chi connectivity index (χ3v) is 13.0. The van der Waals surface area contributed by atoms with Crippen molar-refractivity contribution in [1.82, 2.24) is 4.90 Å². The molecule has 12 nitrogen and oxygen atoms in total. The number of rotatable bonds is 26. The molecular formula is C42H78N4O8. The molecule has 0 aromatic rings. The van der Waals surface area contributed by atoms with Crippen molar-refractivity contribution in [2.75, 3.05) is 46.9 Å². The van der Waals surface area contributed by atoms with Crippen LogP contribution in [0.1, 0.15) is 144 Å². The minimum absolute atomic E-state index is 0.0333. The molecule has 12 heteroatoms. The average Bonchev–Trinajstić information content (AvgIpc) is 3.47. The normalized spacial score (nSPS) is 26.5. The lowest BCUT2D eigenvalue weighted by Gasteiger charge is -2.49. The maximum atomic E-state index is 13.6. The first-order chi connectivity index (χ1) is 25.6. The lowest BCUT2D eigenvalue weighted by atomic mass is 9.59. The Hall–Kier alpha value is -2.28. The summed E-state index contributed by atoms with van der Waals surface area (Å²) in [5.74, 6) is -0.176. The molecule has 0 aromatic carbocycles. The fraction of sp³-hybridized carbons (Fsp3) is 0.905. The zero-order valence-electron chi connectivity index (χ0n) is 35.0. The summed E-state index contributed by atoms with van der Waals surface area (Å²) in [5.41, 5.74) is 16.6. The third-order valence-electron chi connectivity index (χ3n) is 13.0. The van der Waals surface area contributed by atoms with Crippen LogP contribution in [-0.2, 0) is 38.1 Å². The molecule has 0 aliphatic heterocycles. The van der Waals surface area contributed by atoms with Gasteiger partial charge < -0.3 is 41.0 Å². The molecule has 0 aromatic heterocycles. The van der Waals surface area contributed by atoms with E-state index in [0.29, 0.717) is 97.0 Å². The highest BCUT2D eigenvalue weighted by Gasteiger charge is 2.55. The topological polar surface area (TPSA) is 186 Å². The van der Waals surface area contributed by atoms with Crippen LogP contribution >= 0.6 is 0 Å². The van der Waals surface area contributed by atoms with Gasteiger partial charge in [0.1, 0.15) is 24.9 Å². The zero-order valence-corrected chi connectivity index (χ0v) is 35.0. The summed E-state index contributed by atoms with van der Waals surface area (Å²) in [7, 11) is 3.90. The molecule has 0 unspecified atom stereocenters. The summed E-state index contributed by atoms with van der Waals surface area (Å²) in [6.45, 7) is 13.5. The van der Waals surface area contributed by atoms with Crippen LogP contribution in [0.2, 0.25) is 0 Å². The van der Waals surface area contributed by atoms with Gasteiger partial charge in [-0.25, -0.2) is 0 Å². The summed E-state index contributed by atoms with van der Waals surface area (Å²) in [4.78, 5) is 53.5. The molecular weight excluding hydrogens is 688 g/mol. The Morgan fingerprint density at radius 2 is 1.35 bits per heavy atom. The molecule has 7 atom stereocenters. The second-order valence-corrected chi connectivity index (χ2v) is 17.2. The molecule has 2 saturated carbocycles. The van der Waals surface area contributed by atoms with Gasteiger partial charge in [0.05, 0.1) is 0 Å². The molecule has 2 aliphatic rings. The van der Waals surface area contributed by atoms with E-state index in [1.165, 1.54) is 0 Å². The largest absolute Gasteiger partial charge is 0.464 e. The van der Waals surface area contributed by atoms with Crippen LogP contribution in [0, 0.1) is 34.5 Å². The number of ether oxygens (including phenoxy) is 4. The van der Waals surface area contributed by atoms with Crippen LogP contribution in [0.15, 0.2) is 0 Å². The number of carbonyl (C=O) groups excluding carboxylic acids is 4. The molecule has 0 radical (unpaired) electrons. The molecule has 2 fully saturated rings. The summed E-state index contributed by atoms with van der Waals surface area (Å²) in [6, 6.07) is 0. The monoisotopic (exact) mass is 767 g/mol. The van der Waals surface area contributed by atoms with Crippen molar-refractivity contribution in [3.05, 3.63) is 0 Å². The predicted octanol–water partition coefficient (Wildman–Crippen LogP) is 5.90. The summed E-state index contributed by atoms with van der Waals surface area (Å²) < 4.78 is 24.0. The van der Waals surface area contributed by atoms with E-state index in [9.17, 15) is 19.2 Å². The lowest BCUT2D eigenvalue weighted by molar-refractivity contribution is -0.167. The highest BCUT2D eigenvalue weighted by molar-refractivity contribution is 5.70. The number of carbonyl (C=O) groups is 4. The fourth-order valence-electron chi connectivity index (χ4n) is 9.00. The third kappa shape index (κ3) is 15.3. The van der Waals surface area contributed by atoms with Gasteiger partial charge >= 0.3 is 23.9 Å². The Kier molecular flexibility index (Phi) is 21.6. The Morgan fingerprint density at radius 3 is 1.91 bits per heavy atom. The Balaban J connectivity index is 2.41. The molecule has 0 heterocycles. The van der Waals surface area contributed by atoms with Crippen LogP contribution in [0.5, 0.6) is 0 Å². The molecule has 6 N–H and O–H groups in total. The van der Waals surface area contributed by atoms with E-state index >= 15 is 0 Å². The van der Waals surface area contributed by atoms with Crippen molar-refractivity contribution in [2.45, 2.75) is 162 Å².